The van der Waals surface area contributed by atoms with Gasteiger partial charge in [-0.2, -0.15) is 0 Å². The molecule has 0 aliphatic heterocycles. The topological polar surface area (TPSA) is 37.8 Å². The Bertz CT molecular complexity index is 534. The first-order chi connectivity index (χ1) is 9.29. The molecule has 0 radical (unpaired) electrons. The summed E-state index contributed by atoms with van der Waals surface area (Å²) in [6.45, 7) is 3.12. The number of aromatic nitrogens is 2. The molecule has 0 amide bonds. The van der Waals surface area contributed by atoms with Gasteiger partial charge in [-0.25, -0.2) is 4.98 Å². The SMILES string of the molecule is CCCNc1ccnc(CSc2ncccc2Cl)c1. The van der Waals surface area contributed by atoms with Gasteiger partial charge in [0.1, 0.15) is 5.03 Å². The number of hydrogen-bond donors (Lipinski definition) is 1. The van der Waals surface area contributed by atoms with E-state index in [2.05, 4.69) is 28.3 Å². The van der Waals surface area contributed by atoms with Crippen LogP contribution in [0.5, 0.6) is 0 Å². The number of hydrogen-bond acceptors (Lipinski definition) is 4. The average Bonchev–Trinajstić information content (AvgIpc) is 2.45. The first-order valence-electron chi connectivity index (χ1n) is 6.21. The molecule has 0 atom stereocenters. The third kappa shape index (κ3) is 4.40. The van der Waals surface area contributed by atoms with E-state index in [1.54, 1.807) is 18.0 Å². The van der Waals surface area contributed by atoms with Gasteiger partial charge >= 0.3 is 0 Å². The molecule has 100 valence electrons. The van der Waals surface area contributed by atoms with Crippen LogP contribution in [0.1, 0.15) is 19.0 Å². The highest BCUT2D eigenvalue weighted by Crippen LogP contribution is 2.27. The monoisotopic (exact) mass is 293 g/mol. The van der Waals surface area contributed by atoms with E-state index in [-0.39, 0.29) is 0 Å². The Labute approximate surface area is 122 Å². The minimum absolute atomic E-state index is 0.688. The number of rotatable bonds is 6. The first-order valence-corrected chi connectivity index (χ1v) is 7.58. The fourth-order valence-electron chi connectivity index (χ4n) is 1.56. The van der Waals surface area contributed by atoms with E-state index in [9.17, 15) is 0 Å². The molecule has 5 heteroatoms. The van der Waals surface area contributed by atoms with Gasteiger partial charge in [-0.15, -0.1) is 0 Å². The molecule has 1 N–H and O–H groups in total. The maximum Gasteiger partial charge on any atom is 0.115 e. The third-order valence-corrected chi connectivity index (χ3v) is 3.93. The lowest BCUT2D eigenvalue weighted by molar-refractivity contribution is 0.977. The molecule has 19 heavy (non-hydrogen) atoms. The fourth-order valence-corrected chi connectivity index (χ4v) is 2.63. The molecule has 0 aromatic carbocycles. The summed E-state index contributed by atoms with van der Waals surface area (Å²) in [4.78, 5) is 8.61. The lowest BCUT2D eigenvalue weighted by Gasteiger charge is -2.07. The quantitative estimate of drug-likeness (QED) is 0.808. The van der Waals surface area contributed by atoms with Gasteiger partial charge in [-0.3, -0.25) is 4.98 Å². The Balaban J connectivity index is 1.98. The Morgan fingerprint density at radius 2 is 2.16 bits per heavy atom. The molecule has 0 saturated carbocycles. The highest BCUT2D eigenvalue weighted by Gasteiger charge is 2.03. The van der Waals surface area contributed by atoms with Gasteiger partial charge in [0.05, 0.1) is 10.7 Å². The molecule has 0 fully saturated rings. The van der Waals surface area contributed by atoms with Gasteiger partial charge in [-0.1, -0.05) is 30.3 Å². The van der Waals surface area contributed by atoms with Crippen molar-refractivity contribution in [1.29, 1.82) is 0 Å². The van der Waals surface area contributed by atoms with Crippen molar-refractivity contribution in [1.82, 2.24) is 9.97 Å². The van der Waals surface area contributed by atoms with Crippen LogP contribution >= 0.6 is 23.4 Å². The summed E-state index contributed by atoms with van der Waals surface area (Å²) in [6, 6.07) is 7.74. The van der Waals surface area contributed by atoms with E-state index in [0.29, 0.717) is 5.02 Å². The lowest BCUT2D eigenvalue weighted by atomic mass is 10.3. The highest BCUT2D eigenvalue weighted by molar-refractivity contribution is 7.98. The van der Waals surface area contributed by atoms with Crippen molar-refractivity contribution in [3.63, 3.8) is 0 Å². The van der Waals surface area contributed by atoms with Gasteiger partial charge in [0.2, 0.25) is 0 Å². The number of halogens is 1. The van der Waals surface area contributed by atoms with Crippen LogP contribution in [-0.4, -0.2) is 16.5 Å². The van der Waals surface area contributed by atoms with Crippen molar-refractivity contribution < 1.29 is 0 Å². The molecule has 0 aliphatic rings. The van der Waals surface area contributed by atoms with Gasteiger partial charge < -0.3 is 5.32 Å². The van der Waals surface area contributed by atoms with E-state index in [4.69, 9.17) is 11.6 Å². The molecule has 2 aromatic heterocycles. The van der Waals surface area contributed by atoms with Crippen molar-refractivity contribution in [2.24, 2.45) is 0 Å². The molecule has 3 nitrogen and oxygen atoms in total. The third-order valence-electron chi connectivity index (χ3n) is 2.48. The summed E-state index contributed by atoms with van der Waals surface area (Å²) < 4.78 is 0. The number of nitrogens with zero attached hydrogens (tertiary/aromatic N) is 2. The summed E-state index contributed by atoms with van der Waals surface area (Å²) in [6.07, 6.45) is 4.69. The van der Waals surface area contributed by atoms with Crippen LogP contribution in [0.25, 0.3) is 0 Å². The minimum atomic E-state index is 0.688. The number of anilines is 1. The molecule has 2 aromatic rings. The Hall–Kier alpha value is -1.26. The second kappa shape index (κ2) is 7.36. The summed E-state index contributed by atoms with van der Waals surface area (Å²) >= 11 is 7.67. The standard InChI is InChI=1S/C14H16ClN3S/c1-2-6-16-11-5-8-17-12(9-11)10-19-14-13(15)4-3-7-18-14/h3-5,7-9H,2,6,10H2,1H3,(H,16,17). The molecule has 2 heterocycles. The highest BCUT2D eigenvalue weighted by atomic mass is 35.5. The summed E-state index contributed by atoms with van der Waals surface area (Å²) in [5, 5.41) is 4.89. The molecular formula is C14H16ClN3S. The number of thioether (sulfide) groups is 1. The largest absolute Gasteiger partial charge is 0.385 e. The van der Waals surface area contributed by atoms with Crippen LogP contribution in [0, 0.1) is 0 Å². The first kappa shape index (κ1) is 14.2. The number of pyridine rings is 2. The Morgan fingerprint density at radius 3 is 2.95 bits per heavy atom. The van der Waals surface area contributed by atoms with Crippen LogP contribution in [-0.2, 0) is 5.75 Å². The van der Waals surface area contributed by atoms with Crippen molar-refractivity contribution in [3.8, 4) is 0 Å². The maximum absolute atomic E-state index is 6.07. The lowest BCUT2D eigenvalue weighted by Crippen LogP contribution is -2.00. The molecule has 0 aliphatic carbocycles. The van der Waals surface area contributed by atoms with Gasteiger partial charge in [0.25, 0.3) is 0 Å². The van der Waals surface area contributed by atoms with Gasteiger partial charge in [-0.05, 0) is 30.7 Å². The van der Waals surface area contributed by atoms with Crippen LogP contribution < -0.4 is 5.32 Å². The molecule has 0 spiro atoms. The van der Waals surface area contributed by atoms with E-state index in [0.717, 1.165) is 35.1 Å². The van der Waals surface area contributed by atoms with Crippen LogP contribution in [0.2, 0.25) is 5.02 Å². The van der Waals surface area contributed by atoms with Crippen LogP contribution in [0.4, 0.5) is 5.69 Å². The van der Waals surface area contributed by atoms with Crippen molar-refractivity contribution >= 4 is 29.1 Å². The van der Waals surface area contributed by atoms with Crippen LogP contribution in [0.3, 0.4) is 0 Å². The van der Waals surface area contributed by atoms with Gasteiger partial charge in [0, 0.05) is 30.4 Å². The summed E-state index contributed by atoms with van der Waals surface area (Å²) in [7, 11) is 0. The van der Waals surface area contributed by atoms with Crippen molar-refractivity contribution in [2.45, 2.75) is 24.1 Å². The zero-order valence-electron chi connectivity index (χ0n) is 10.8. The Kier molecular flexibility index (Phi) is 5.48. The zero-order chi connectivity index (χ0) is 13.5. The molecular weight excluding hydrogens is 278 g/mol. The second-order valence-corrected chi connectivity index (χ2v) is 5.41. The smallest absolute Gasteiger partial charge is 0.115 e. The molecule has 0 bridgehead atoms. The van der Waals surface area contributed by atoms with E-state index in [1.165, 1.54) is 0 Å². The van der Waals surface area contributed by atoms with E-state index >= 15 is 0 Å². The predicted octanol–water partition coefficient (Wildman–Crippen LogP) is 4.24. The fraction of sp³-hybridized carbons (Fsp3) is 0.286. The van der Waals surface area contributed by atoms with E-state index < -0.39 is 0 Å². The predicted molar refractivity (Wildman–Crippen MR) is 81.8 cm³/mol. The summed E-state index contributed by atoms with van der Waals surface area (Å²) in [5.41, 5.74) is 2.13. The molecule has 0 unspecified atom stereocenters. The van der Waals surface area contributed by atoms with E-state index in [1.807, 2.05) is 24.4 Å². The normalized spacial score (nSPS) is 10.4. The van der Waals surface area contributed by atoms with Crippen LogP contribution in [0.15, 0.2) is 41.7 Å². The van der Waals surface area contributed by atoms with Gasteiger partial charge in [0.15, 0.2) is 0 Å². The second-order valence-electron chi connectivity index (χ2n) is 4.04. The molecule has 0 saturated heterocycles. The minimum Gasteiger partial charge on any atom is -0.385 e. The average molecular weight is 294 g/mol. The summed E-state index contributed by atoms with van der Waals surface area (Å²) in [5.74, 6) is 0.762. The number of nitrogens with one attached hydrogen (secondary N) is 1. The molecule has 2 rings (SSSR count). The van der Waals surface area contributed by atoms with Crippen molar-refractivity contribution in [2.75, 3.05) is 11.9 Å². The maximum atomic E-state index is 6.07. The van der Waals surface area contributed by atoms with Crippen molar-refractivity contribution in [3.05, 3.63) is 47.4 Å². The Morgan fingerprint density at radius 1 is 1.26 bits per heavy atom. The zero-order valence-corrected chi connectivity index (χ0v) is 12.3.